The van der Waals surface area contributed by atoms with Crippen molar-refractivity contribution < 1.29 is 27.2 Å². The van der Waals surface area contributed by atoms with Crippen LogP contribution in [0.3, 0.4) is 0 Å². The number of amides is 2. The lowest BCUT2D eigenvalue weighted by molar-refractivity contribution is -0.138. The van der Waals surface area contributed by atoms with E-state index in [9.17, 15) is 27.2 Å². The second kappa shape index (κ2) is 9.20. The van der Waals surface area contributed by atoms with Crippen LogP contribution in [0.5, 0.6) is 0 Å². The van der Waals surface area contributed by atoms with Crippen LogP contribution in [0, 0.1) is 0 Å². The number of alkyl halides is 4. The molecule has 0 spiro atoms. The highest BCUT2D eigenvalue weighted by molar-refractivity contribution is 8.18. The highest BCUT2D eigenvalue weighted by Crippen LogP contribution is 2.37. The SMILES string of the molecule is CN1C[C@H](F)[C@@H](N2C(=O)SC(=Cc3ccc4c(cnn4Cc4ccc(Cl)cc4C(F)(F)F)c3)C2=O)C1. The second-order valence-electron chi connectivity index (χ2n) is 8.78. The van der Waals surface area contributed by atoms with Crippen LogP contribution in [0.15, 0.2) is 47.5 Å². The molecule has 2 saturated heterocycles. The molecule has 3 heterocycles. The first-order valence-electron chi connectivity index (χ1n) is 10.9. The van der Waals surface area contributed by atoms with E-state index in [-0.39, 0.29) is 35.1 Å². The number of likely N-dealkylation sites (tertiary alicyclic amines) is 1. The smallest absolute Gasteiger partial charge is 0.301 e. The van der Waals surface area contributed by atoms with Gasteiger partial charge in [0.1, 0.15) is 6.17 Å². The van der Waals surface area contributed by atoms with Gasteiger partial charge in [0.15, 0.2) is 0 Å². The molecule has 2 aliphatic rings. The minimum absolute atomic E-state index is 0.00700. The van der Waals surface area contributed by atoms with Gasteiger partial charge in [-0.3, -0.25) is 19.2 Å². The van der Waals surface area contributed by atoms with Crippen molar-refractivity contribution in [1.82, 2.24) is 19.6 Å². The molecule has 12 heteroatoms. The summed E-state index contributed by atoms with van der Waals surface area (Å²) in [6, 6.07) is 7.89. The number of hydrogen-bond donors (Lipinski definition) is 0. The van der Waals surface area contributed by atoms with Crippen LogP contribution in [0.25, 0.3) is 17.0 Å². The third-order valence-electron chi connectivity index (χ3n) is 6.22. The Bertz CT molecular complexity index is 1410. The molecule has 0 unspecified atom stereocenters. The predicted molar refractivity (Wildman–Crippen MR) is 129 cm³/mol. The largest absolute Gasteiger partial charge is 0.416 e. The van der Waals surface area contributed by atoms with Gasteiger partial charge in [0.2, 0.25) is 0 Å². The Morgan fingerprint density at radius 1 is 1.17 bits per heavy atom. The fraction of sp³-hybridized carbons (Fsp3) is 0.292. The molecule has 3 aromatic rings. The fourth-order valence-corrected chi connectivity index (χ4v) is 5.58. The summed E-state index contributed by atoms with van der Waals surface area (Å²) in [6.45, 7) is 0.321. The minimum atomic E-state index is -4.56. The Labute approximate surface area is 212 Å². The number of likely N-dealkylation sites (N-methyl/N-ethyl adjacent to an activating group) is 1. The molecule has 2 fully saturated rings. The molecule has 6 nitrogen and oxygen atoms in total. The molecule has 36 heavy (non-hydrogen) atoms. The number of nitrogens with zero attached hydrogens (tertiary/aromatic N) is 4. The van der Waals surface area contributed by atoms with E-state index in [2.05, 4.69) is 5.10 Å². The van der Waals surface area contributed by atoms with Crippen molar-refractivity contribution in [3.05, 3.63) is 69.2 Å². The van der Waals surface area contributed by atoms with Gasteiger partial charge in [-0.15, -0.1) is 0 Å². The van der Waals surface area contributed by atoms with Crippen LogP contribution >= 0.6 is 23.4 Å². The van der Waals surface area contributed by atoms with Gasteiger partial charge in [0.05, 0.1) is 34.8 Å². The van der Waals surface area contributed by atoms with Crippen LogP contribution < -0.4 is 0 Å². The normalized spacial score (nSPS) is 22.5. The van der Waals surface area contributed by atoms with Crippen LogP contribution in [0.2, 0.25) is 5.02 Å². The molecule has 0 N–H and O–H groups in total. The Balaban J connectivity index is 1.40. The van der Waals surface area contributed by atoms with Crippen molar-refractivity contribution in [1.29, 1.82) is 0 Å². The Hall–Kier alpha value is -2.89. The first-order valence-corrected chi connectivity index (χ1v) is 12.1. The monoisotopic (exact) mass is 538 g/mol. The summed E-state index contributed by atoms with van der Waals surface area (Å²) in [4.78, 5) is 28.3. The van der Waals surface area contributed by atoms with Crippen LogP contribution in [0.4, 0.5) is 22.4 Å². The number of halogens is 5. The lowest BCUT2D eigenvalue weighted by atomic mass is 10.1. The summed E-state index contributed by atoms with van der Waals surface area (Å²) in [5.41, 5.74) is 0.404. The zero-order valence-corrected chi connectivity index (χ0v) is 20.4. The molecule has 0 saturated carbocycles. The van der Waals surface area contributed by atoms with Gasteiger partial charge in [-0.25, -0.2) is 4.39 Å². The molecule has 0 bridgehead atoms. The van der Waals surface area contributed by atoms with E-state index in [0.717, 1.165) is 22.7 Å². The number of carbonyl (C=O) groups excluding carboxylic acids is 2. The molecule has 1 aromatic heterocycles. The zero-order valence-electron chi connectivity index (χ0n) is 18.8. The number of benzene rings is 2. The molecule has 2 atom stereocenters. The number of aromatic nitrogens is 2. The maximum atomic E-state index is 14.3. The molecule has 188 valence electrons. The van der Waals surface area contributed by atoms with Gasteiger partial charge in [-0.1, -0.05) is 23.7 Å². The quantitative estimate of drug-likeness (QED) is 0.327. The highest BCUT2D eigenvalue weighted by atomic mass is 35.5. The van der Waals surface area contributed by atoms with Crippen molar-refractivity contribution in [3.8, 4) is 0 Å². The Morgan fingerprint density at radius 3 is 2.64 bits per heavy atom. The van der Waals surface area contributed by atoms with E-state index in [1.54, 1.807) is 36.2 Å². The average Bonchev–Trinajstić information content (AvgIpc) is 3.43. The number of imide groups is 1. The lowest BCUT2D eigenvalue weighted by Gasteiger charge is -2.21. The fourth-order valence-electron chi connectivity index (χ4n) is 4.52. The van der Waals surface area contributed by atoms with Gasteiger partial charge in [0.25, 0.3) is 11.1 Å². The summed E-state index contributed by atoms with van der Waals surface area (Å²) in [5.74, 6) is -0.536. The van der Waals surface area contributed by atoms with Crippen molar-refractivity contribution in [2.24, 2.45) is 0 Å². The van der Waals surface area contributed by atoms with Gasteiger partial charge in [-0.05, 0) is 60.3 Å². The van der Waals surface area contributed by atoms with Crippen LogP contribution in [-0.2, 0) is 17.5 Å². The first-order chi connectivity index (χ1) is 17.0. The molecule has 2 aromatic carbocycles. The standard InChI is InChI=1S/C24H19ClF4N4O2S/c1-31-11-18(26)20(12-31)33-22(34)21(36-23(33)35)7-13-2-5-19-15(6-13)9-30-32(19)10-14-3-4-16(25)8-17(14)24(27,28)29/h2-9,18,20H,10-12H2,1H3/t18-,20-/m0/s1. The zero-order chi connectivity index (χ0) is 25.8. The topological polar surface area (TPSA) is 58.4 Å². The summed E-state index contributed by atoms with van der Waals surface area (Å²) >= 11 is 6.53. The summed E-state index contributed by atoms with van der Waals surface area (Å²) in [6.07, 6.45) is -2.79. The average molecular weight is 539 g/mol. The summed E-state index contributed by atoms with van der Waals surface area (Å²) < 4.78 is 56.2. The molecule has 0 aliphatic carbocycles. The maximum absolute atomic E-state index is 14.3. The number of thioether (sulfide) groups is 1. The third-order valence-corrected chi connectivity index (χ3v) is 7.34. The van der Waals surface area contributed by atoms with Gasteiger partial charge in [0, 0.05) is 23.5 Å². The number of carbonyl (C=O) groups is 2. The van der Waals surface area contributed by atoms with Crippen molar-refractivity contribution >= 4 is 51.5 Å². The molecular weight excluding hydrogens is 520 g/mol. The third kappa shape index (κ3) is 4.62. The van der Waals surface area contributed by atoms with Crippen LogP contribution in [0.1, 0.15) is 16.7 Å². The van der Waals surface area contributed by atoms with Crippen molar-refractivity contribution in [3.63, 3.8) is 0 Å². The number of rotatable bonds is 4. The van der Waals surface area contributed by atoms with Gasteiger partial charge in [-0.2, -0.15) is 18.3 Å². The van der Waals surface area contributed by atoms with E-state index in [1.807, 2.05) is 0 Å². The van der Waals surface area contributed by atoms with E-state index in [1.165, 1.54) is 23.0 Å². The van der Waals surface area contributed by atoms with E-state index < -0.39 is 35.1 Å². The molecule has 5 rings (SSSR count). The molecule has 2 aliphatic heterocycles. The van der Waals surface area contributed by atoms with Crippen molar-refractivity contribution in [2.45, 2.75) is 24.9 Å². The van der Waals surface area contributed by atoms with Crippen LogP contribution in [-0.4, -0.2) is 63.1 Å². The molecule has 0 radical (unpaired) electrons. The number of hydrogen-bond acceptors (Lipinski definition) is 5. The van der Waals surface area contributed by atoms with Crippen molar-refractivity contribution in [2.75, 3.05) is 20.1 Å². The molecule has 2 amide bonds. The minimum Gasteiger partial charge on any atom is -0.301 e. The van der Waals surface area contributed by atoms with Gasteiger partial charge >= 0.3 is 6.18 Å². The Kier molecular flexibility index (Phi) is 6.34. The van der Waals surface area contributed by atoms with E-state index >= 15 is 0 Å². The first kappa shape index (κ1) is 24.8. The lowest BCUT2D eigenvalue weighted by Crippen LogP contribution is -2.44. The molecular formula is C24H19ClF4N4O2S. The number of fused-ring (bicyclic) bond motifs is 1. The summed E-state index contributed by atoms with van der Waals surface area (Å²) in [5, 5.41) is 4.36. The summed E-state index contributed by atoms with van der Waals surface area (Å²) in [7, 11) is 1.73. The van der Waals surface area contributed by atoms with E-state index in [4.69, 9.17) is 11.6 Å². The second-order valence-corrected chi connectivity index (χ2v) is 10.2. The predicted octanol–water partition coefficient (Wildman–Crippen LogP) is 5.45. The maximum Gasteiger partial charge on any atom is 0.416 e. The Morgan fingerprint density at radius 2 is 1.94 bits per heavy atom. The highest BCUT2D eigenvalue weighted by Gasteiger charge is 2.46. The van der Waals surface area contributed by atoms with E-state index in [0.29, 0.717) is 16.5 Å². The van der Waals surface area contributed by atoms with Gasteiger partial charge < -0.3 is 4.90 Å².